The number of carbonyl (C=O) groups excluding carboxylic acids is 2. The van der Waals surface area contributed by atoms with E-state index in [9.17, 15) is 9.59 Å². The monoisotopic (exact) mass is 366 g/mol. The fraction of sp³-hybridized carbons (Fsp3) is 0.647. The number of nitrogens with zero attached hydrogens (tertiary/aromatic N) is 3. The lowest BCUT2D eigenvalue weighted by atomic mass is 9.97. The van der Waals surface area contributed by atoms with Crippen molar-refractivity contribution in [1.29, 1.82) is 0 Å². The molecule has 3 atom stereocenters. The Morgan fingerprint density at radius 3 is 2.52 bits per heavy atom. The number of carbonyl (C=O) groups is 2. The summed E-state index contributed by atoms with van der Waals surface area (Å²) in [5, 5.41) is 3.11. The lowest BCUT2D eigenvalue weighted by Crippen LogP contribution is -2.51. The molecule has 2 saturated heterocycles. The number of aromatic nitrogens is 2. The van der Waals surface area contributed by atoms with Crippen LogP contribution >= 0.6 is 11.6 Å². The number of amides is 1. The van der Waals surface area contributed by atoms with Gasteiger partial charge >= 0.3 is 6.09 Å². The third-order valence-electron chi connectivity index (χ3n) is 4.57. The summed E-state index contributed by atoms with van der Waals surface area (Å²) in [4.78, 5) is 33.5. The Hall–Kier alpha value is -1.89. The normalized spacial score (nSPS) is 25.6. The zero-order chi connectivity index (χ0) is 18.2. The van der Waals surface area contributed by atoms with Crippen LogP contribution < -0.4 is 10.2 Å². The molecule has 2 bridgehead atoms. The van der Waals surface area contributed by atoms with Crippen LogP contribution in [-0.4, -0.2) is 46.1 Å². The standard InChI is InChI=1S/C17H23ClN4O3/c1-17(2,3)25-16(24)20-10-6-11-4-5-12(7-10)22(11)14-8-19-13(9-23)15(18)21-14/h8-12H,4-7H2,1-3H3,(H,20,24)/t10?,11-,12+. The molecule has 1 N–H and O–H groups in total. The Balaban J connectivity index is 1.67. The lowest BCUT2D eigenvalue weighted by molar-refractivity contribution is 0.0492. The van der Waals surface area contributed by atoms with Gasteiger partial charge in [-0.15, -0.1) is 0 Å². The predicted molar refractivity (Wildman–Crippen MR) is 94.1 cm³/mol. The van der Waals surface area contributed by atoms with Crippen LogP contribution in [0.15, 0.2) is 6.20 Å². The van der Waals surface area contributed by atoms with E-state index >= 15 is 0 Å². The molecular formula is C17H23ClN4O3. The predicted octanol–water partition coefficient (Wildman–Crippen LogP) is 2.97. The number of hydrogen-bond acceptors (Lipinski definition) is 6. The van der Waals surface area contributed by atoms with Crippen LogP contribution in [0, 0.1) is 0 Å². The van der Waals surface area contributed by atoms with Gasteiger partial charge in [-0.25, -0.2) is 14.8 Å². The smallest absolute Gasteiger partial charge is 0.407 e. The fourth-order valence-electron chi connectivity index (χ4n) is 3.71. The maximum absolute atomic E-state index is 12.0. The van der Waals surface area contributed by atoms with Crippen LogP contribution in [0.5, 0.6) is 0 Å². The molecule has 8 heteroatoms. The van der Waals surface area contributed by atoms with Gasteiger partial charge in [0.05, 0.1) is 6.20 Å². The molecule has 1 amide bonds. The molecule has 1 unspecified atom stereocenters. The Bertz CT molecular complexity index is 662. The average Bonchev–Trinajstić information content (AvgIpc) is 2.76. The van der Waals surface area contributed by atoms with Crippen molar-refractivity contribution in [1.82, 2.24) is 15.3 Å². The van der Waals surface area contributed by atoms with Crippen molar-refractivity contribution >= 4 is 29.8 Å². The van der Waals surface area contributed by atoms with E-state index in [-0.39, 0.29) is 35.1 Å². The highest BCUT2D eigenvalue weighted by molar-refractivity contribution is 6.31. The van der Waals surface area contributed by atoms with Crippen molar-refractivity contribution in [3.63, 3.8) is 0 Å². The van der Waals surface area contributed by atoms with Crippen LogP contribution in [0.4, 0.5) is 10.6 Å². The summed E-state index contributed by atoms with van der Waals surface area (Å²) in [6.45, 7) is 5.55. The molecule has 0 aliphatic carbocycles. The van der Waals surface area contributed by atoms with Crippen molar-refractivity contribution in [2.75, 3.05) is 4.90 Å². The van der Waals surface area contributed by atoms with Gasteiger partial charge < -0.3 is 15.0 Å². The Morgan fingerprint density at radius 2 is 2.00 bits per heavy atom. The summed E-state index contributed by atoms with van der Waals surface area (Å²) >= 11 is 6.02. The first kappa shape index (κ1) is 17.9. The van der Waals surface area contributed by atoms with Gasteiger partial charge in [0.15, 0.2) is 11.4 Å². The second kappa shape index (κ2) is 6.78. The maximum atomic E-state index is 12.0. The second-order valence-corrected chi connectivity index (χ2v) is 7.99. The number of alkyl carbamates (subject to hydrolysis) is 1. The van der Waals surface area contributed by atoms with Gasteiger partial charge in [-0.05, 0) is 46.5 Å². The highest BCUT2D eigenvalue weighted by atomic mass is 35.5. The molecule has 0 radical (unpaired) electrons. The van der Waals surface area contributed by atoms with E-state index in [0.717, 1.165) is 25.7 Å². The summed E-state index contributed by atoms with van der Waals surface area (Å²) in [6, 6.07) is 0.624. The van der Waals surface area contributed by atoms with Crippen molar-refractivity contribution in [3.05, 3.63) is 17.0 Å². The minimum atomic E-state index is -0.504. The van der Waals surface area contributed by atoms with Crippen molar-refractivity contribution in [3.8, 4) is 0 Å². The lowest BCUT2D eigenvalue weighted by Gasteiger charge is -2.40. The molecule has 0 aromatic carbocycles. The summed E-state index contributed by atoms with van der Waals surface area (Å²) < 4.78 is 5.35. The third kappa shape index (κ3) is 4.03. The highest BCUT2D eigenvalue weighted by Gasteiger charge is 2.42. The SMILES string of the molecule is CC(C)(C)OC(=O)NC1C[C@H]2CC[C@@H](C1)N2c1cnc(C=O)c(Cl)n1. The maximum Gasteiger partial charge on any atom is 0.407 e. The van der Waals surface area contributed by atoms with Gasteiger partial charge in [0.25, 0.3) is 0 Å². The summed E-state index contributed by atoms with van der Waals surface area (Å²) in [5.41, 5.74) is -0.351. The zero-order valence-electron chi connectivity index (χ0n) is 14.7. The number of rotatable bonds is 3. The first-order valence-electron chi connectivity index (χ1n) is 8.52. The number of fused-ring (bicyclic) bond motifs is 2. The number of hydrogen-bond donors (Lipinski definition) is 1. The molecule has 3 heterocycles. The van der Waals surface area contributed by atoms with E-state index in [0.29, 0.717) is 12.1 Å². The Morgan fingerprint density at radius 1 is 1.36 bits per heavy atom. The third-order valence-corrected chi connectivity index (χ3v) is 4.85. The Kier molecular flexibility index (Phi) is 4.86. The number of aldehydes is 1. The average molecular weight is 367 g/mol. The van der Waals surface area contributed by atoms with E-state index in [2.05, 4.69) is 20.2 Å². The summed E-state index contributed by atoms with van der Waals surface area (Å²) in [7, 11) is 0. The molecule has 1 aromatic heterocycles. The first-order chi connectivity index (χ1) is 11.8. The molecule has 7 nitrogen and oxygen atoms in total. The number of piperidine rings is 1. The van der Waals surface area contributed by atoms with Crippen LogP contribution in [0.2, 0.25) is 5.15 Å². The van der Waals surface area contributed by atoms with Crippen molar-refractivity contribution in [2.24, 2.45) is 0 Å². The van der Waals surface area contributed by atoms with Gasteiger partial charge in [0.2, 0.25) is 0 Å². The number of nitrogens with one attached hydrogen (secondary N) is 1. The van der Waals surface area contributed by atoms with Crippen LogP contribution in [0.25, 0.3) is 0 Å². The topological polar surface area (TPSA) is 84.4 Å². The highest BCUT2D eigenvalue weighted by Crippen LogP contribution is 2.38. The quantitative estimate of drug-likeness (QED) is 0.828. The minimum absolute atomic E-state index is 0.0845. The van der Waals surface area contributed by atoms with E-state index in [1.807, 2.05) is 20.8 Å². The summed E-state index contributed by atoms with van der Waals surface area (Å²) in [5.74, 6) is 0.693. The molecule has 2 aliphatic heterocycles. The molecule has 136 valence electrons. The van der Waals surface area contributed by atoms with E-state index in [1.54, 1.807) is 6.20 Å². The number of ether oxygens (including phenoxy) is 1. The fourth-order valence-corrected chi connectivity index (χ4v) is 3.89. The summed E-state index contributed by atoms with van der Waals surface area (Å²) in [6.07, 6.45) is 5.54. The van der Waals surface area contributed by atoms with E-state index in [4.69, 9.17) is 16.3 Å². The van der Waals surface area contributed by atoms with Gasteiger partial charge in [0, 0.05) is 18.1 Å². The molecule has 1 aromatic rings. The molecule has 25 heavy (non-hydrogen) atoms. The number of halogens is 1. The first-order valence-corrected chi connectivity index (χ1v) is 8.90. The van der Waals surface area contributed by atoms with Crippen LogP contribution in [0.3, 0.4) is 0 Å². The van der Waals surface area contributed by atoms with Crippen molar-refractivity contribution in [2.45, 2.75) is 70.2 Å². The van der Waals surface area contributed by atoms with Gasteiger partial charge in [-0.2, -0.15) is 0 Å². The molecule has 0 spiro atoms. The van der Waals surface area contributed by atoms with Gasteiger partial charge in [-0.1, -0.05) is 11.6 Å². The van der Waals surface area contributed by atoms with E-state index in [1.165, 1.54) is 0 Å². The molecular weight excluding hydrogens is 344 g/mol. The number of anilines is 1. The minimum Gasteiger partial charge on any atom is -0.444 e. The van der Waals surface area contributed by atoms with Gasteiger partial charge in [-0.3, -0.25) is 4.79 Å². The zero-order valence-corrected chi connectivity index (χ0v) is 15.4. The van der Waals surface area contributed by atoms with Gasteiger partial charge in [0.1, 0.15) is 17.1 Å². The molecule has 2 aliphatic rings. The molecule has 3 rings (SSSR count). The molecule has 0 saturated carbocycles. The second-order valence-electron chi connectivity index (χ2n) is 7.63. The Labute approximate surface area is 152 Å². The van der Waals surface area contributed by atoms with Crippen LogP contribution in [-0.2, 0) is 4.74 Å². The van der Waals surface area contributed by atoms with Crippen molar-refractivity contribution < 1.29 is 14.3 Å². The molecule has 2 fully saturated rings. The van der Waals surface area contributed by atoms with E-state index < -0.39 is 5.60 Å². The van der Waals surface area contributed by atoms with Crippen LogP contribution in [0.1, 0.15) is 56.9 Å². The largest absolute Gasteiger partial charge is 0.444 e.